The van der Waals surface area contributed by atoms with Gasteiger partial charge in [-0.25, -0.2) is 0 Å². The van der Waals surface area contributed by atoms with E-state index < -0.39 is 0 Å². The Labute approximate surface area is 241 Å². The van der Waals surface area contributed by atoms with Crippen LogP contribution in [0.25, 0.3) is 0 Å². The summed E-state index contributed by atoms with van der Waals surface area (Å²) in [5.74, 6) is 0. The second-order valence-corrected chi connectivity index (χ2v) is 12.5. The molecule has 0 spiro atoms. The minimum absolute atomic E-state index is 0.634. The molecule has 0 saturated heterocycles. The molecule has 0 aliphatic carbocycles. The van der Waals surface area contributed by atoms with Gasteiger partial charge in [0.1, 0.15) is 6.17 Å². The molecule has 1 atom stereocenters. The summed E-state index contributed by atoms with van der Waals surface area (Å²) in [6.07, 6.45) is 45.8. The van der Waals surface area contributed by atoms with Crippen molar-refractivity contribution in [3.63, 3.8) is 0 Å². The van der Waals surface area contributed by atoms with E-state index in [2.05, 4.69) is 43.0 Å². The molecule has 0 N–H and O–H groups in total. The quantitative estimate of drug-likeness (QED) is 0.0848. The van der Waals surface area contributed by atoms with Gasteiger partial charge in [0.05, 0.1) is 0 Å². The van der Waals surface area contributed by atoms with Crippen LogP contribution < -0.4 is 0 Å². The van der Waals surface area contributed by atoms with Crippen LogP contribution in [-0.2, 0) is 0 Å². The van der Waals surface area contributed by atoms with Gasteiger partial charge in [-0.3, -0.25) is 0 Å². The van der Waals surface area contributed by atoms with Crippen molar-refractivity contribution in [2.45, 2.75) is 207 Å². The van der Waals surface area contributed by atoms with Crippen LogP contribution in [0.5, 0.6) is 0 Å². The lowest BCUT2D eigenvalue weighted by atomic mass is 10.0. The molecule has 0 aromatic heterocycles. The highest BCUT2D eigenvalue weighted by Gasteiger charge is 2.23. The first-order valence-electron chi connectivity index (χ1n) is 18.0. The van der Waals surface area contributed by atoms with Crippen LogP contribution in [0.3, 0.4) is 0 Å². The van der Waals surface area contributed by atoms with E-state index in [9.17, 15) is 0 Å². The van der Waals surface area contributed by atoms with E-state index in [0.717, 1.165) is 6.54 Å². The highest BCUT2D eigenvalue weighted by Crippen LogP contribution is 2.23. The zero-order valence-electron chi connectivity index (χ0n) is 26.8. The molecule has 1 unspecified atom stereocenters. The number of nitrogens with zero attached hydrogens (tertiary/aromatic N) is 2. The first kappa shape index (κ1) is 35.4. The van der Waals surface area contributed by atoms with Crippen LogP contribution in [0.15, 0.2) is 12.4 Å². The normalized spacial score (nSPS) is 15.3. The van der Waals surface area contributed by atoms with Gasteiger partial charge in [0.15, 0.2) is 0 Å². The summed E-state index contributed by atoms with van der Waals surface area (Å²) < 4.78 is 0. The van der Waals surface area contributed by atoms with Gasteiger partial charge in [-0.2, -0.15) is 0 Å². The summed E-state index contributed by atoms with van der Waals surface area (Å²) >= 11 is 0. The second kappa shape index (κ2) is 27.9. The molecule has 1 rings (SSSR count). The third-order valence-electron chi connectivity index (χ3n) is 8.92. The predicted molar refractivity (Wildman–Crippen MR) is 173 cm³/mol. The van der Waals surface area contributed by atoms with Crippen LogP contribution in [-0.4, -0.2) is 29.1 Å². The molecule has 2 heteroatoms. The predicted octanol–water partition coefficient (Wildman–Crippen LogP) is 12.4. The molecule has 1 aliphatic rings. The largest absolute Gasteiger partial charge is 0.356 e. The van der Waals surface area contributed by atoms with Gasteiger partial charge in [-0.1, -0.05) is 174 Å². The lowest BCUT2D eigenvalue weighted by Gasteiger charge is -2.32. The smallest absolute Gasteiger partial charge is 0.101 e. The van der Waals surface area contributed by atoms with Gasteiger partial charge in [0, 0.05) is 25.5 Å². The monoisotopic (exact) mass is 533 g/mol. The van der Waals surface area contributed by atoms with Crippen molar-refractivity contribution in [2.24, 2.45) is 0 Å². The van der Waals surface area contributed by atoms with Crippen molar-refractivity contribution in [1.29, 1.82) is 0 Å². The lowest BCUT2D eigenvalue weighted by molar-refractivity contribution is 0.142. The number of rotatable bonds is 30. The van der Waals surface area contributed by atoms with E-state index in [4.69, 9.17) is 0 Å². The van der Waals surface area contributed by atoms with E-state index in [0.29, 0.717) is 6.17 Å². The van der Waals surface area contributed by atoms with Gasteiger partial charge < -0.3 is 9.80 Å². The van der Waals surface area contributed by atoms with Crippen LogP contribution in [0.1, 0.15) is 201 Å². The van der Waals surface area contributed by atoms with E-state index in [-0.39, 0.29) is 0 Å². The molecule has 1 heterocycles. The first-order chi connectivity index (χ1) is 18.8. The van der Waals surface area contributed by atoms with Crippen molar-refractivity contribution in [3.05, 3.63) is 12.4 Å². The third kappa shape index (κ3) is 20.3. The van der Waals surface area contributed by atoms with Gasteiger partial charge >= 0.3 is 0 Å². The van der Waals surface area contributed by atoms with E-state index in [1.807, 2.05) is 0 Å². The maximum atomic E-state index is 2.66. The summed E-state index contributed by atoms with van der Waals surface area (Å²) in [4.78, 5) is 5.23. The van der Waals surface area contributed by atoms with Gasteiger partial charge in [0.25, 0.3) is 0 Å². The first-order valence-corrected chi connectivity index (χ1v) is 18.0. The Hall–Kier alpha value is -0.660. The Balaban J connectivity index is 1.94. The molecule has 0 aromatic carbocycles. The fraction of sp³-hybridized carbons (Fsp3) is 0.944. The molecule has 226 valence electrons. The Kier molecular flexibility index (Phi) is 26.0. The minimum atomic E-state index is 0.634. The Morgan fingerprint density at radius 1 is 0.368 bits per heavy atom. The molecule has 0 bridgehead atoms. The fourth-order valence-corrected chi connectivity index (χ4v) is 6.27. The van der Waals surface area contributed by atoms with Crippen LogP contribution in [0.4, 0.5) is 0 Å². The Morgan fingerprint density at radius 2 is 0.684 bits per heavy atom. The summed E-state index contributed by atoms with van der Waals surface area (Å²) in [5, 5.41) is 0. The molecule has 1 aliphatic heterocycles. The molecular weight excluding hydrogens is 460 g/mol. The molecule has 2 nitrogen and oxygen atoms in total. The standard InChI is InChI=1S/C36H72N2/c1-4-7-9-11-13-15-17-19-20-21-22-24-26-28-30-32-36-37(6-3)34-35-38(36)33-31-29-27-25-23-18-16-14-12-10-8-5-2/h34-36H,4-33H2,1-3H3. The van der Waals surface area contributed by atoms with Crippen molar-refractivity contribution in [3.8, 4) is 0 Å². The van der Waals surface area contributed by atoms with Crippen LogP contribution in [0, 0.1) is 0 Å². The van der Waals surface area contributed by atoms with Gasteiger partial charge in [-0.15, -0.1) is 0 Å². The maximum absolute atomic E-state index is 2.66. The van der Waals surface area contributed by atoms with Crippen molar-refractivity contribution >= 4 is 0 Å². The Morgan fingerprint density at radius 3 is 1.05 bits per heavy atom. The average molecular weight is 533 g/mol. The summed E-state index contributed by atoms with van der Waals surface area (Å²) in [6, 6.07) is 0. The Bertz CT molecular complexity index is 488. The summed E-state index contributed by atoms with van der Waals surface area (Å²) in [5.41, 5.74) is 0. The van der Waals surface area contributed by atoms with Gasteiger partial charge in [-0.05, 0) is 26.2 Å². The second-order valence-electron chi connectivity index (χ2n) is 12.5. The van der Waals surface area contributed by atoms with Crippen LogP contribution in [0.2, 0.25) is 0 Å². The summed E-state index contributed by atoms with van der Waals surface area (Å²) in [7, 11) is 0. The molecule has 0 radical (unpaired) electrons. The van der Waals surface area contributed by atoms with Crippen molar-refractivity contribution in [2.75, 3.05) is 13.1 Å². The fourth-order valence-electron chi connectivity index (χ4n) is 6.27. The van der Waals surface area contributed by atoms with E-state index >= 15 is 0 Å². The van der Waals surface area contributed by atoms with Crippen LogP contribution >= 0.6 is 0 Å². The zero-order valence-corrected chi connectivity index (χ0v) is 26.8. The molecule has 0 amide bonds. The molecule has 0 aromatic rings. The van der Waals surface area contributed by atoms with Crippen molar-refractivity contribution in [1.82, 2.24) is 9.80 Å². The molecule has 0 fully saturated rings. The minimum Gasteiger partial charge on any atom is -0.356 e. The maximum Gasteiger partial charge on any atom is 0.101 e. The SMILES string of the molecule is CCCCCCCCCCCCCCCCCC1N(CC)C=CN1CCCCCCCCCCCCCC. The topological polar surface area (TPSA) is 6.48 Å². The number of hydrogen-bond donors (Lipinski definition) is 0. The third-order valence-corrected chi connectivity index (χ3v) is 8.92. The number of unbranched alkanes of at least 4 members (excludes halogenated alkanes) is 25. The van der Waals surface area contributed by atoms with E-state index in [1.165, 1.54) is 186 Å². The molecule has 38 heavy (non-hydrogen) atoms. The molecule has 0 saturated carbocycles. The highest BCUT2D eigenvalue weighted by molar-refractivity contribution is 4.96. The van der Waals surface area contributed by atoms with E-state index in [1.54, 1.807) is 0 Å². The summed E-state index contributed by atoms with van der Waals surface area (Å²) in [6.45, 7) is 9.34. The van der Waals surface area contributed by atoms with Gasteiger partial charge in [0.2, 0.25) is 0 Å². The number of hydrogen-bond acceptors (Lipinski definition) is 2. The van der Waals surface area contributed by atoms with Crippen molar-refractivity contribution < 1.29 is 0 Å². The lowest BCUT2D eigenvalue weighted by Crippen LogP contribution is -2.38. The highest BCUT2D eigenvalue weighted by atomic mass is 15.4. The molecular formula is C36H72N2. The zero-order chi connectivity index (χ0) is 27.4. The average Bonchev–Trinajstić information content (AvgIpc) is 3.33.